The largest absolute Gasteiger partial charge is 0.444 e. The van der Waals surface area contributed by atoms with Crippen LogP contribution in [0.5, 0.6) is 0 Å². The van der Waals surface area contributed by atoms with Crippen LogP contribution in [0.25, 0.3) is 0 Å². The van der Waals surface area contributed by atoms with Gasteiger partial charge in [-0.1, -0.05) is 0 Å². The summed E-state index contributed by atoms with van der Waals surface area (Å²) in [6, 6.07) is 0. The smallest absolute Gasteiger partial charge is 0.410 e. The van der Waals surface area contributed by atoms with Crippen LogP contribution in [0, 0.1) is 5.92 Å². The van der Waals surface area contributed by atoms with Gasteiger partial charge in [-0.3, -0.25) is 4.79 Å². The Morgan fingerprint density at radius 1 is 1.29 bits per heavy atom. The van der Waals surface area contributed by atoms with Crippen LogP contribution in [0.3, 0.4) is 0 Å². The van der Waals surface area contributed by atoms with Crippen LogP contribution in [-0.2, 0) is 9.53 Å². The highest BCUT2D eigenvalue weighted by Crippen LogP contribution is 2.20. The fourth-order valence-corrected chi connectivity index (χ4v) is 1.88. The number of amides is 1. The van der Waals surface area contributed by atoms with Gasteiger partial charge >= 0.3 is 6.09 Å². The van der Waals surface area contributed by atoms with Gasteiger partial charge in [-0.05, 0) is 33.6 Å². The van der Waals surface area contributed by atoms with Crippen molar-refractivity contribution in [3.63, 3.8) is 0 Å². The summed E-state index contributed by atoms with van der Waals surface area (Å²) in [5.74, 6) is 0.104. The van der Waals surface area contributed by atoms with E-state index in [1.165, 1.54) is 0 Å². The molecule has 0 aromatic rings. The van der Waals surface area contributed by atoms with Crippen molar-refractivity contribution in [1.29, 1.82) is 0 Å². The maximum atomic E-state index is 11.8. The first-order valence-corrected chi connectivity index (χ1v) is 6.04. The molecular formula is C12H22N2O3. The fraction of sp³-hybridized carbons (Fsp3) is 0.833. The molecular weight excluding hydrogens is 220 g/mol. The van der Waals surface area contributed by atoms with Crippen LogP contribution >= 0.6 is 0 Å². The molecule has 1 aliphatic rings. The third-order valence-corrected chi connectivity index (χ3v) is 2.80. The Bertz CT molecular complexity index is 289. The molecule has 0 spiro atoms. The van der Waals surface area contributed by atoms with Gasteiger partial charge in [-0.15, -0.1) is 0 Å². The third kappa shape index (κ3) is 4.34. The molecule has 98 valence electrons. The molecule has 1 fully saturated rings. The Labute approximate surface area is 102 Å². The zero-order valence-corrected chi connectivity index (χ0v) is 10.9. The number of hydrogen-bond donors (Lipinski definition) is 1. The van der Waals surface area contributed by atoms with Gasteiger partial charge in [0.05, 0.1) is 6.54 Å². The lowest BCUT2D eigenvalue weighted by atomic mass is 9.93. The van der Waals surface area contributed by atoms with Crippen molar-refractivity contribution >= 4 is 11.9 Å². The van der Waals surface area contributed by atoms with Crippen LogP contribution in [0.15, 0.2) is 0 Å². The van der Waals surface area contributed by atoms with Gasteiger partial charge in [0.15, 0.2) is 0 Å². The van der Waals surface area contributed by atoms with Gasteiger partial charge in [0.2, 0.25) is 0 Å². The highest BCUT2D eigenvalue weighted by Gasteiger charge is 2.29. The third-order valence-electron chi connectivity index (χ3n) is 2.80. The molecule has 0 atom stereocenters. The minimum absolute atomic E-state index is 0.0127. The Balaban J connectivity index is 2.42. The predicted molar refractivity (Wildman–Crippen MR) is 64.6 cm³/mol. The van der Waals surface area contributed by atoms with Gasteiger partial charge in [0.25, 0.3) is 0 Å². The zero-order valence-electron chi connectivity index (χ0n) is 10.9. The SMILES string of the molecule is CC(C)(C)OC(=O)N1CCC(C(=O)CN)CC1. The van der Waals surface area contributed by atoms with Crippen LogP contribution < -0.4 is 5.73 Å². The second kappa shape index (κ2) is 5.49. The van der Waals surface area contributed by atoms with Crippen LogP contribution in [0.1, 0.15) is 33.6 Å². The van der Waals surface area contributed by atoms with E-state index in [1.807, 2.05) is 20.8 Å². The summed E-state index contributed by atoms with van der Waals surface area (Å²) in [5.41, 5.74) is 4.85. The number of likely N-dealkylation sites (tertiary alicyclic amines) is 1. The van der Waals surface area contributed by atoms with E-state index in [0.717, 1.165) is 0 Å². The monoisotopic (exact) mass is 242 g/mol. The molecule has 0 bridgehead atoms. The van der Waals surface area contributed by atoms with E-state index in [-0.39, 0.29) is 24.3 Å². The van der Waals surface area contributed by atoms with Crippen LogP contribution in [-0.4, -0.2) is 42.0 Å². The average molecular weight is 242 g/mol. The lowest BCUT2D eigenvalue weighted by Gasteiger charge is -2.32. The molecule has 5 nitrogen and oxygen atoms in total. The summed E-state index contributed by atoms with van der Waals surface area (Å²) < 4.78 is 5.28. The minimum Gasteiger partial charge on any atom is -0.444 e. The normalized spacial score (nSPS) is 18.0. The number of carbonyl (C=O) groups is 2. The average Bonchev–Trinajstić information content (AvgIpc) is 2.26. The molecule has 0 aromatic heterocycles. The summed E-state index contributed by atoms with van der Waals surface area (Å²) in [4.78, 5) is 24.8. The lowest BCUT2D eigenvalue weighted by molar-refractivity contribution is -0.122. The number of carbonyl (C=O) groups excluding carboxylic acids is 2. The lowest BCUT2D eigenvalue weighted by Crippen LogP contribution is -2.43. The van der Waals surface area contributed by atoms with Crippen LogP contribution in [0.4, 0.5) is 4.79 Å². The summed E-state index contributed by atoms with van der Waals surface area (Å²) in [7, 11) is 0. The molecule has 0 saturated carbocycles. The molecule has 1 saturated heterocycles. The van der Waals surface area contributed by atoms with Gasteiger partial charge in [-0.25, -0.2) is 4.79 Å². The quantitative estimate of drug-likeness (QED) is 0.788. The maximum absolute atomic E-state index is 11.8. The van der Waals surface area contributed by atoms with E-state index in [0.29, 0.717) is 25.9 Å². The molecule has 5 heteroatoms. The van der Waals surface area contributed by atoms with Gasteiger partial charge < -0.3 is 15.4 Å². The highest BCUT2D eigenvalue weighted by atomic mass is 16.6. The van der Waals surface area contributed by atoms with Crippen molar-refractivity contribution < 1.29 is 14.3 Å². The summed E-state index contributed by atoms with van der Waals surface area (Å²) in [6.07, 6.45) is 1.08. The van der Waals surface area contributed by atoms with Gasteiger partial charge in [0.1, 0.15) is 11.4 Å². The number of ether oxygens (including phenoxy) is 1. The van der Waals surface area contributed by atoms with E-state index in [1.54, 1.807) is 4.90 Å². The molecule has 1 amide bonds. The minimum atomic E-state index is -0.471. The van der Waals surface area contributed by atoms with E-state index >= 15 is 0 Å². The number of Topliss-reactive ketones (excluding diaryl/α,β-unsaturated/α-hetero) is 1. The second-order valence-corrected chi connectivity index (χ2v) is 5.41. The van der Waals surface area contributed by atoms with E-state index in [2.05, 4.69) is 0 Å². The molecule has 0 radical (unpaired) electrons. The maximum Gasteiger partial charge on any atom is 0.410 e. The molecule has 1 rings (SSSR count). The fourth-order valence-electron chi connectivity index (χ4n) is 1.88. The van der Waals surface area contributed by atoms with Crippen molar-refractivity contribution in [1.82, 2.24) is 4.90 Å². The topological polar surface area (TPSA) is 72.6 Å². The Morgan fingerprint density at radius 3 is 2.24 bits per heavy atom. The number of ketones is 1. The number of nitrogens with zero attached hydrogens (tertiary/aromatic N) is 1. The van der Waals surface area contributed by atoms with Crippen molar-refractivity contribution in [3.05, 3.63) is 0 Å². The number of nitrogens with two attached hydrogens (primary N) is 1. The first-order chi connectivity index (χ1) is 7.83. The molecule has 0 aromatic carbocycles. The Kier molecular flexibility index (Phi) is 4.51. The predicted octanol–water partition coefficient (Wildman–Crippen LogP) is 1.16. The first-order valence-electron chi connectivity index (χ1n) is 6.04. The summed E-state index contributed by atoms with van der Waals surface area (Å²) in [6.45, 7) is 6.77. The standard InChI is InChI=1S/C12H22N2O3/c1-12(2,3)17-11(16)14-6-4-9(5-7-14)10(15)8-13/h9H,4-8,13H2,1-3H3. The molecule has 1 heterocycles. The number of piperidine rings is 1. The second-order valence-electron chi connectivity index (χ2n) is 5.41. The van der Waals surface area contributed by atoms with Crippen molar-refractivity contribution in [2.75, 3.05) is 19.6 Å². The van der Waals surface area contributed by atoms with E-state index in [4.69, 9.17) is 10.5 Å². The van der Waals surface area contributed by atoms with Gasteiger partial charge in [0, 0.05) is 19.0 Å². The molecule has 0 unspecified atom stereocenters. The number of hydrogen-bond acceptors (Lipinski definition) is 4. The summed E-state index contributed by atoms with van der Waals surface area (Å²) >= 11 is 0. The Morgan fingerprint density at radius 2 is 1.82 bits per heavy atom. The van der Waals surface area contributed by atoms with E-state index < -0.39 is 5.60 Å². The Hall–Kier alpha value is -1.10. The summed E-state index contributed by atoms with van der Waals surface area (Å²) in [5, 5.41) is 0. The molecule has 1 aliphatic heterocycles. The van der Waals surface area contributed by atoms with Gasteiger partial charge in [-0.2, -0.15) is 0 Å². The van der Waals surface area contributed by atoms with Crippen molar-refractivity contribution in [2.24, 2.45) is 11.7 Å². The molecule has 17 heavy (non-hydrogen) atoms. The molecule has 0 aliphatic carbocycles. The van der Waals surface area contributed by atoms with Crippen LogP contribution in [0.2, 0.25) is 0 Å². The zero-order chi connectivity index (χ0) is 13.1. The van der Waals surface area contributed by atoms with E-state index in [9.17, 15) is 9.59 Å². The van der Waals surface area contributed by atoms with Crippen molar-refractivity contribution in [3.8, 4) is 0 Å². The first kappa shape index (κ1) is 14.0. The number of rotatable bonds is 2. The highest BCUT2D eigenvalue weighted by molar-refractivity contribution is 5.83. The van der Waals surface area contributed by atoms with Crippen molar-refractivity contribution in [2.45, 2.75) is 39.2 Å². The molecule has 2 N–H and O–H groups in total.